The third-order valence-electron chi connectivity index (χ3n) is 4.22. The first-order valence-corrected chi connectivity index (χ1v) is 9.35. The fourth-order valence-electron chi connectivity index (χ4n) is 2.73. The van der Waals surface area contributed by atoms with Crippen LogP contribution in [0.4, 0.5) is 4.39 Å². The zero-order valence-corrected chi connectivity index (χ0v) is 16.1. The van der Waals surface area contributed by atoms with Gasteiger partial charge in [0, 0.05) is 0 Å². The number of rotatable bonds is 6. The third-order valence-corrected chi connectivity index (χ3v) is 4.48. The zero-order valence-electron chi connectivity index (χ0n) is 15.3. The molecule has 3 aromatic carbocycles. The van der Waals surface area contributed by atoms with Crippen molar-refractivity contribution in [2.75, 3.05) is 0 Å². The standard InChI is InChI=1S/C22H17FN4OS/c23-20-9-5-4-8-19(20)21-25-26-22(29)27(21)24-14-16-10-12-18(13-11-16)28-15-17-6-2-1-3-7-17/h1-14H,15H2,(H,26,29)/b24-14-. The van der Waals surface area contributed by atoms with Crippen molar-refractivity contribution in [3.63, 3.8) is 0 Å². The third kappa shape index (κ3) is 4.47. The number of benzene rings is 3. The number of aromatic nitrogens is 3. The molecule has 29 heavy (non-hydrogen) atoms. The van der Waals surface area contributed by atoms with E-state index in [4.69, 9.17) is 17.0 Å². The highest BCUT2D eigenvalue weighted by Gasteiger charge is 2.12. The maximum Gasteiger partial charge on any atom is 0.216 e. The van der Waals surface area contributed by atoms with Crippen LogP contribution in [0.15, 0.2) is 84.0 Å². The van der Waals surface area contributed by atoms with E-state index in [0.29, 0.717) is 18.0 Å². The summed E-state index contributed by atoms with van der Waals surface area (Å²) in [6, 6.07) is 23.8. The number of aromatic amines is 1. The minimum atomic E-state index is -0.391. The van der Waals surface area contributed by atoms with E-state index in [1.807, 2.05) is 54.6 Å². The summed E-state index contributed by atoms with van der Waals surface area (Å²) in [4.78, 5) is 0. The van der Waals surface area contributed by atoms with Crippen molar-refractivity contribution in [3.8, 4) is 17.1 Å². The minimum absolute atomic E-state index is 0.280. The largest absolute Gasteiger partial charge is 0.489 e. The SMILES string of the molecule is Fc1ccccc1-c1n[nH]c(=S)n1/N=C\c1ccc(OCc2ccccc2)cc1. The topological polar surface area (TPSA) is 55.2 Å². The fourth-order valence-corrected chi connectivity index (χ4v) is 2.91. The van der Waals surface area contributed by atoms with E-state index >= 15 is 0 Å². The second-order valence-corrected chi connectivity index (χ2v) is 6.62. The second-order valence-electron chi connectivity index (χ2n) is 6.23. The molecule has 0 saturated carbocycles. The first-order valence-electron chi connectivity index (χ1n) is 8.94. The monoisotopic (exact) mass is 404 g/mol. The first-order chi connectivity index (χ1) is 14.2. The van der Waals surface area contributed by atoms with E-state index in [2.05, 4.69) is 15.3 Å². The summed E-state index contributed by atoms with van der Waals surface area (Å²) >= 11 is 5.22. The normalized spacial score (nSPS) is 11.1. The molecule has 1 aromatic heterocycles. The highest BCUT2D eigenvalue weighted by molar-refractivity contribution is 7.71. The molecule has 4 aromatic rings. The van der Waals surface area contributed by atoms with Gasteiger partial charge < -0.3 is 4.74 Å². The summed E-state index contributed by atoms with van der Waals surface area (Å²) in [5.41, 5.74) is 2.27. The number of nitrogens with zero attached hydrogens (tertiary/aromatic N) is 3. The maximum atomic E-state index is 14.1. The van der Waals surface area contributed by atoms with Gasteiger partial charge in [-0.1, -0.05) is 42.5 Å². The molecule has 4 rings (SSSR count). The lowest BCUT2D eigenvalue weighted by Crippen LogP contribution is -1.97. The summed E-state index contributed by atoms with van der Waals surface area (Å²) in [5, 5.41) is 11.1. The molecule has 0 radical (unpaired) electrons. The van der Waals surface area contributed by atoms with E-state index < -0.39 is 5.82 Å². The molecule has 1 heterocycles. The molecule has 0 saturated heterocycles. The van der Waals surface area contributed by atoms with Gasteiger partial charge in [0.25, 0.3) is 0 Å². The lowest BCUT2D eigenvalue weighted by Gasteiger charge is -2.06. The summed E-state index contributed by atoms with van der Waals surface area (Å²) in [6.07, 6.45) is 1.64. The van der Waals surface area contributed by atoms with Gasteiger partial charge in [-0.2, -0.15) is 14.9 Å². The van der Waals surface area contributed by atoms with E-state index in [1.165, 1.54) is 10.7 Å². The molecule has 0 aliphatic carbocycles. The molecule has 0 aliphatic heterocycles. The molecule has 5 nitrogen and oxygen atoms in total. The average molecular weight is 404 g/mol. The highest BCUT2D eigenvalue weighted by Crippen LogP contribution is 2.20. The van der Waals surface area contributed by atoms with Crippen LogP contribution in [0.1, 0.15) is 11.1 Å². The molecule has 144 valence electrons. The van der Waals surface area contributed by atoms with Crippen molar-refractivity contribution in [1.82, 2.24) is 14.9 Å². The molecule has 0 amide bonds. The second kappa shape index (κ2) is 8.62. The van der Waals surface area contributed by atoms with Gasteiger partial charge in [-0.3, -0.25) is 0 Å². The van der Waals surface area contributed by atoms with Crippen LogP contribution in [0.3, 0.4) is 0 Å². The van der Waals surface area contributed by atoms with Crippen LogP contribution in [0.2, 0.25) is 0 Å². The molecule has 0 fully saturated rings. The maximum absolute atomic E-state index is 14.1. The molecule has 0 bridgehead atoms. The minimum Gasteiger partial charge on any atom is -0.489 e. The molecule has 1 N–H and O–H groups in total. The molecular weight excluding hydrogens is 387 g/mol. The Balaban J connectivity index is 1.49. The van der Waals surface area contributed by atoms with Gasteiger partial charge >= 0.3 is 0 Å². The van der Waals surface area contributed by atoms with Gasteiger partial charge in [-0.15, -0.1) is 0 Å². The van der Waals surface area contributed by atoms with Crippen molar-refractivity contribution in [3.05, 3.63) is 101 Å². The van der Waals surface area contributed by atoms with Gasteiger partial charge in [0.05, 0.1) is 11.8 Å². The Labute approximate surface area is 172 Å². The predicted octanol–water partition coefficient (Wildman–Crippen LogP) is 5.21. The molecule has 0 aliphatic rings. The van der Waals surface area contributed by atoms with E-state index in [1.54, 1.807) is 24.4 Å². The first kappa shape index (κ1) is 18.8. The van der Waals surface area contributed by atoms with Crippen molar-refractivity contribution < 1.29 is 9.13 Å². The fraction of sp³-hybridized carbons (Fsp3) is 0.0455. The number of hydrogen-bond donors (Lipinski definition) is 1. The van der Waals surface area contributed by atoms with Gasteiger partial charge in [0.2, 0.25) is 4.77 Å². The van der Waals surface area contributed by atoms with Crippen LogP contribution in [-0.2, 0) is 6.61 Å². The Bertz CT molecular complexity index is 1180. The number of hydrogen-bond acceptors (Lipinski definition) is 4. The number of nitrogens with one attached hydrogen (secondary N) is 1. The predicted molar refractivity (Wildman–Crippen MR) is 113 cm³/mol. The average Bonchev–Trinajstić information content (AvgIpc) is 3.13. The molecule has 0 atom stereocenters. The van der Waals surface area contributed by atoms with Crippen LogP contribution in [0, 0.1) is 10.6 Å². The Kier molecular flexibility index (Phi) is 5.58. The van der Waals surface area contributed by atoms with Gasteiger partial charge in [-0.25, -0.2) is 9.49 Å². The van der Waals surface area contributed by atoms with Crippen molar-refractivity contribution in [2.45, 2.75) is 6.61 Å². The van der Waals surface area contributed by atoms with Crippen molar-refractivity contribution in [2.24, 2.45) is 5.10 Å². The van der Waals surface area contributed by atoms with Crippen LogP contribution < -0.4 is 4.74 Å². The lowest BCUT2D eigenvalue weighted by molar-refractivity contribution is 0.306. The van der Waals surface area contributed by atoms with E-state index in [9.17, 15) is 4.39 Å². The van der Waals surface area contributed by atoms with Gasteiger partial charge in [0.1, 0.15) is 18.2 Å². The van der Waals surface area contributed by atoms with Gasteiger partial charge in [-0.05, 0) is 59.7 Å². The lowest BCUT2D eigenvalue weighted by atomic mass is 10.2. The van der Waals surface area contributed by atoms with E-state index in [0.717, 1.165) is 16.9 Å². The molecule has 0 unspecified atom stereocenters. The highest BCUT2D eigenvalue weighted by atomic mass is 32.1. The van der Waals surface area contributed by atoms with Crippen molar-refractivity contribution in [1.29, 1.82) is 0 Å². The Morgan fingerprint density at radius 3 is 2.48 bits per heavy atom. The van der Waals surface area contributed by atoms with Crippen molar-refractivity contribution >= 4 is 18.4 Å². The van der Waals surface area contributed by atoms with Gasteiger partial charge in [0.15, 0.2) is 5.82 Å². The Morgan fingerprint density at radius 2 is 1.72 bits per heavy atom. The number of halogens is 1. The molecular formula is C22H17FN4OS. The zero-order chi connectivity index (χ0) is 20.1. The number of ether oxygens (including phenoxy) is 1. The van der Waals surface area contributed by atoms with E-state index in [-0.39, 0.29) is 4.77 Å². The summed E-state index contributed by atoms with van der Waals surface area (Å²) in [5.74, 6) is 0.683. The molecule has 0 spiro atoms. The van der Waals surface area contributed by atoms with Crippen LogP contribution in [0.5, 0.6) is 5.75 Å². The smallest absolute Gasteiger partial charge is 0.216 e. The summed E-state index contributed by atoms with van der Waals surface area (Å²) in [7, 11) is 0. The summed E-state index contributed by atoms with van der Waals surface area (Å²) in [6.45, 7) is 0.504. The Morgan fingerprint density at radius 1 is 1.00 bits per heavy atom. The number of H-pyrrole nitrogens is 1. The molecule has 7 heteroatoms. The quantitative estimate of drug-likeness (QED) is 0.355. The summed E-state index contributed by atoms with van der Waals surface area (Å²) < 4.78 is 21.6. The van der Waals surface area contributed by atoms with Crippen LogP contribution in [-0.4, -0.2) is 21.1 Å². The van der Waals surface area contributed by atoms with Crippen LogP contribution in [0.25, 0.3) is 11.4 Å². The van der Waals surface area contributed by atoms with Crippen LogP contribution >= 0.6 is 12.2 Å². The Hall–Kier alpha value is -3.58.